The van der Waals surface area contributed by atoms with Gasteiger partial charge in [-0.15, -0.1) is 0 Å². The van der Waals surface area contributed by atoms with Crippen molar-refractivity contribution in [2.45, 2.75) is 20.0 Å². The molecule has 0 aliphatic heterocycles. The zero-order chi connectivity index (χ0) is 14.5. The number of hydrogen-bond acceptors (Lipinski definition) is 2. The first-order chi connectivity index (χ1) is 10.3. The molecule has 108 valence electrons. The van der Waals surface area contributed by atoms with E-state index in [1.807, 2.05) is 42.5 Å². The van der Waals surface area contributed by atoms with E-state index in [4.69, 9.17) is 9.47 Å². The average molecular weight is 281 g/mol. The van der Waals surface area contributed by atoms with E-state index in [9.17, 15) is 0 Å². The van der Waals surface area contributed by atoms with Gasteiger partial charge in [-0.25, -0.2) is 0 Å². The minimum absolute atomic E-state index is 0.579. The second-order valence-corrected chi connectivity index (χ2v) is 5.01. The van der Waals surface area contributed by atoms with E-state index in [0.717, 1.165) is 35.6 Å². The Balaban J connectivity index is 1.71. The van der Waals surface area contributed by atoms with Gasteiger partial charge in [0, 0.05) is 17.0 Å². The van der Waals surface area contributed by atoms with E-state index in [-0.39, 0.29) is 0 Å². The van der Waals surface area contributed by atoms with Crippen LogP contribution in [0.3, 0.4) is 0 Å². The van der Waals surface area contributed by atoms with E-state index < -0.39 is 0 Å². The number of fused-ring (bicyclic) bond motifs is 1. The molecule has 0 aliphatic carbocycles. The first kappa shape index (κ1) is 13.6. The average Bonchev–Trinajstić information content (AvgIpc) is 2.94. The number of ether oxygens (including phenoxy) is 2. The van der Waals surface area contributed by atoms with E-state index >= 15 is 0 Å². The van der Waals surface area contributed by atoms with Gasteiger partial charge in [-0.1, -0.05) is 37.3 Å². The predicted octanol–water partition coefficient (Wildman–Crippen LogP) is 4.54. The summed E-state index contributed by atoms with van der Waals surface area (Å²) >= 11 is 0. The molecule has 3 nitrogen and oxygen atoms in total. The zero-order valence-electron chi connectivity index (χ0n) is 12.1. The van der Waals surface area contributed by atoms with Crippen LogP contribution >= 0.6 is 0 Å². The fourth-order valence-corrected chi connectivity index (χ4v) is 2.20. The standard InChI is InChI=1S/C18H19NO2/c1-2-10-20-18-12-15-11-16(8-9-17(15)19-18)21-13-14-6-4-3-5-7-14/h3-9,11-12,19H,2,10,13H2,1H3. The highest BCUT2D eigenvalue weighted by atomic mass is 16.5. The largest absolute Gasteiger partial charge is 0.489 e. The Morgan fingerprint density at radius 2 is 1.81 bits per heavy atom. The molecule has 0 saturated carbocycles. The van der Waals surface area contributed by atoms with E-state index in [1.54, 1.807) is 0 Å². The maximum Gasteiger partial charge on any atom is 0.191 e. The van der Waals surface area contributed by atoms with Crippen molar-refractivity contribution >= 4 is 10.9 Å². The molecule has 0 radical (unpaired) electrons. The maximum atomic E-state index is 5.84. The van der Waals surface area contributed by atoms with Crippen LogP contribution in [0.25, 0.3) is 10.9 Å². The van der Waals surface area contributed by atoms with Gasteiger partial charge in [-0.3, -0.25) is 0 Å². The van der Waals surface area contributed by atoms with Crippen molar-refractivity contribution in [2.75, 3.05) is 6.61 Å². The third kappa shape index (κ3) is 3.37. The summed E-state index contributed by atoms with van der Waals surface area (Å²) in [6.07, 6.45) is 1.00. The summed E-state index contributed by atoms with van der Waals surface area (Å²) < 4.78 is 11.4. The monoisotopic (exact) mass is 281 g/mol. The lowest BCUT2D eigenvalue weighted by Gasteiger charge is -2.06. The number of aromatic amines is 1. The summed E-state index contributed by atoms with van der Waals surface area (Å²) in [5, 5.41) is 1.10. The molecule has 21 heavy (non-hydrogen) atoms. The van der Waals surface area contributed by atoms with Crippen molar-refractivity contribution in [1.82, 2.24) is 4.98 Å². The summed E-state index contributed by atoms with van der Waals surface area (Å²) in [6.45, 7) is 3.40. The van der Waals surface area contributed by atoms with Crippen LogP contribution in [0.2, 0.25) is 0 Å². The van der Waals surface area contributed by atoms with Crippen LogP contribution in [0.1, 0.15) is 18.9 Å². The SMILES string of the molecule is CCCOc1cc2cc(OCc3ccccc3)ccc2[nH]1. The summed E-state index contributed by atoms with van der Waals surface area (Å²) in [5.41, 5.74) is 2.23. The van der Waals surface area contributed by atoms with Crippen LogP contribution in [-0.2, 0) is 6.61 Å². The fraction of sp³-hybridized carbons (Fsp3) is 0.222. The van der Waals surface area contributed by atoms with Gasteiger partial charge in [0.2, 0.25) is 0 Å². The number of H-pyrrole nitrogens is 1. The summed E-state index contributed by atoms with van der Waals surface area (Å²) in [4.78, 5) is 3.25. The van der Waals surface area contributed by atoms with Crippen LogP contribution in [0.15, 0.2) is 54.6 Å². The normalized spacial score (nSPS) is 10.7. The van der Waals surface area contributed by atoms with Gasteiger partial charge >= 0.3 is 0 Å². The molecule has 0 atom stereocenters. The van der Waals surface area contributed by atoms with Crippen molar-refractivity contribution in [3.63, 3.8) is 0 Å². The third-order valence-electron chi connectivity index (χ3n) is 3.28. The van der Waals surface area contributed by atoms with Gasteiger partial charge in [-0.2, -0.15) is 0 Å². The Bertz CT molecular complexity index is 704. The van der Waals surface area contributed by atoms with Crippen molar-refractivity contribution in [3.8, 4) is 11.6 Å². The second-order valence-electron chi connectivity index (χ2n) is 5.01. The molecule has 0 amide bonds. The molecule has 0 fully saturated rings. The summed E-state index contributed by atoms with van der Waals surface area (Å²) in [5.74, 6) is 1.68. The van der Waals surface area contributed by atoms with E-state index in [2.05, 4.69) is 24.0 Å². The van der Waals surface area contributed by atoms with E-state index in [1.165, 1.54) is 5.56 Å². The highest BCUT2D eigenvalue weighted by Gasteiger charge is 2.03. The lowest BCUT2D eigenvalue weighted by molar-refractivity contribution is 0.306. The molecule has 3 heteroatoms. The molecule has 0 bridgehead atoms. The number of aromatic nitrogens is 1. The molecule has 1 heterocycles. The topological polar surface area (TPSA) is 34.2 Å². The minimum atomic E-state index is 0.579. The lowest BCUT2D eigenvalue weighted by atomic mass is 10.2. The van der Waals surface area contributed by atoms with Crippen LogP contribution in [0, 0.1) is 0 Å². The summed E-state index contributed by atoms with van der Waals surface area (Å²) in [7, 11) is 0. The highest BCUT2D eigenvalue weighted by molar-refractivity contribution is 5.82. The molecular formula is C18H19NO2. The Labute approximate surface area is 124 Å². The van der Waals surface area contributed by atoms with Gasteiger partial charge in [0.1, 0.15) is 12.4 Å². The Morgan fingerprint density at radius 3 is 2.62 bits per heavy atom. The molecular weight excluding hydrogens is 262 g/mol. The molecule has 1 N–H and O–H groups in total. The molecule has 1 aromatic heterocycles. The van der Waals surface area contributed by atoms with Crippen LogP contribution in [-0.4, -0.2) is 11.6 Å². The Morgan fingerprint density at radius 1 is 0.952 bits per heavy atom. The summed E-state index contributed by atoms with van der Waals surface area (Å²) in [6, 6.07) is 18.2. The van der Waals surface area contributed by atoms with Gasteiger partial charge in [0.25, 0.3) is 0 Å². The molecule has 0 spiro atoms. The Hall–Kier alpha value is -2.42. The molecule has 0 saturated heterocycles. The molecule has 3 rings (SSSR count). The predicted molar refractivity (Wildman–Crippen MR) is 84.9 cm³/mol. The van der Waals surface area contributed by atoms with Crippen molar-refractivity contribution in [3.05, 3.63) is 60.2 Å². The third-order valence-corrected chi connectivity index (χ3v) is 3.28. The first-order valence-corrected chi connectivity index (χ1v) is 7.27. The zero-order valence-corrected chi connectivity index (χ0v) is 12.1. The van der Waals surface area contributed by atoms with Crippen LogP contribution in [0.4, 0.5) is 0 Å². The molecule has 0 unspecified atom stereocenters. The number of rotatable bonds is 6. The van der Waals surface area contributed by atoms with Gasteiger partial charge in [-0.05, 0) is 30.2 Å². The molecule has 0 aliphatic rings. The smallest absolute Gasteiger partial charge is 0.191 e. The Kier molecular flexibility index (Phi) is 4.10. The van der Waals surface area contributed by atoms with Gasteiger partial charge in [0.15, 0.2) is 5.88 Å². The van der Waals surface area contributed by atoms with Crippen LogP contribution < -0.4 is 9.47 Å². The van der Waals surface area contributed by atoms with E-state index in [0.29, 0.717) is 6.61 Å². The van der Waals surface area contributed by atoms with Crippen molar-refractivity contribution in [2.24, 2.45) is 0 Å². The molecule has 2 aromatic carbocycles. The minimum Gasteiger partial charge on any atom is -0.489 e. The number of benzene rings is 2. The van der Waals surface area contributed by atoms with Crippen LogP contribution in [0.5, 0.6) is 11.6 Å². The van der Waals surface area contributed by atoms with Gasteiger partial charge < -0.3 is 14.5 Å². The first-order valence-electron chi connectivity index (χ1n) is 7.27. The van der Waals surface area contributed by atoms with Crippen molar-refractivity contribution < 1.29 is 9.47 Å². The van der Waals surface area contributed by atoms with Gasteiger partial charge in [0.05, 0.1) is 6.61 Å². The fourth-order valence-electron chi connectivity index (χ4n) is 2.20. The highest BCUT2D eigenvalue weighted by Crippen LogP contribution is 2.25. The van der Waals surface area contributed by atoms with Crippen molar-refractivity contribution in [1.29, 1.82) is 0 Å². The number of hydrogen-bond donors (Lipinski definition) is 1. The number of nitrogens with one attached hydrogen (secondary N) is 1. The maximum absolute atomic E-state index is 5.84. The second kappa shape index (κ2) is 6.35. The molecule has 3 aromatic rings. The lowest BCUT2D eigenvalue weighted by Crippen LogP contribution is -1.94. The quantitative estimate of drug-likeness (QED) is 0.720.